The van der Waals surface area contributed by atoms with E-state index in [0.29, 0.717) is 17.9 Å². The van der Waals surface area contributed by atoms with E-state index in [1.54, 1.807) is 6.07 Å². The molecule has 0 radical (unpaired) electrons. The minimum atomic E-state index is -1.27. The molecular formula is C15H20NO4S-. The predicted molar refractivity (Wildman–Crippen MR) is 81.3 cm³/mol. The number of nitrogens with one attached hydrogen (secondary N) is 1. The molecule has 6 heteroatoms. The average Bonchev–Trinajstić information content (AvgIpc) is 2.44. The summed E-state index contributed by atoms with van der Waals surface area (Å²) >= 11 is 1.51. The second-order valence-electron chi connectivity index (χ2n) is 4.71. The van der Waals surface area contributed by atoms with Crippen molar-refractivity contribution in [3.63, 3.8) is 0 Å². The Morgan fingerprint density at radius 2 is 2.10 bits per heavy atom. The molecule has 1 aromatic rings. The summed E-state index contributed by atoms with van der Waals surface area (Å²) in [5, 5.41) is 13.4. The van der Waals surface area contributed by atoms with Gasteiger partial charge in [0.1, 0.15) is 5.75 Å². The van der Waals surface area contributed by atoms with Gasteiger partial charge in [-0.25, -0.2) is 0 Å². The topological polar surface area (TPSA) is 78.5 Å². The summed E-state index contributed by atoms with van der Waals surface area (Å²) in [5.41, 5.74) is 2.03. The van der Waals surface area contributed by atoms with Crippen LogP contribution in [0, 0.1) is 13.8 Å². The summed E-state index contributed by atoms with van der Waals surface area (Å²) in [6.45, 7) is 3.65. The molecule has 1 N–H and O–H groups in total. The fourth-order valence-electron chi connectivity index (χ4n) is 1.74. The monoisotopic (exact) mass is 310 g/mol. The lowest BCUT2D eigenvalue weighted by atomic mass is 10.1. The van der Waals surface area contributed by atoms with E-state index in [1.807, 2.05) is 32.2 Å². The summed E-state index contributed by atoms with van der Waals surface area (Å²) < 4.78 is 5.43. The van der Waals surface area contributed by atoms with Crippen LogP contribution in [0.1, 0.15) is 17.5 Å². The number of amides is 1. The first-order valence-corrected chi connectivity index (χ1v) is 8.03. The molecule has 0 aliphatic heterocycles. The zero-order valence-electron chi connectivity index (χ0n) is 12.5. The average molecular weight is 310 g/mol. The number of hydrogen-bond donors (Lipinski definition) is 1. The molecule has 0 aliphatic rings. The van der Waals surface area contributed by atoms with E-state index in [2.05, 4.69) is 5.32 Å². The molecule has 0 aromatic heterocycles. The van der Waals surface area contributed by atoms with E-state index in [-0.39, 0.29) is 6.61 Å². The number of benzene rings is 1. The third-order valence-corrected chi connectivity index (χ3v) is 3.79. The number of aryl methyl sites for hydroxylation is 1. The highest BCUT2D eigenvalue weighted by Gasteiger charge is 2.14. The van der Waals surface area contributed by atoms with Gasteiger partial charge in [-0.1, -0.05) is 12.1 Å². The Hall–Kier alpha value is -1.69. The van der Waals surface area contributed by atoms with Crippen molar-refractivity contribution in [2.75, 3.05) is 18.6 Å². The lowest BCUT2D eigenvalue weighted by molar-refractivity contribution is -0.308. The number of carboxylic acid groups (broad SMARTS) is 1. The number of rotatable bonds is 8. The summed E-state index contributed by atoms with van der Waals surface area (Å²) in [5.74, 6) is -0.480. The maximum Gasteiger partial charge on any atom is 0.258 e. The number of ether oxygens (including phenoxy) is 1. The van der Waals surface area contributed by atoms with Crippen molar-refractivity contribution in [2.45, 2.75) is 26.3 Å². The Bertz CT molecular complexity index is 504. The van der Waals surface area contributed by atoms with Gasteiger partial charge in [-0.3, -0.25) is 4.79 Å². The molecule has 116 valence electrons. The van der Waals surface area contributed by atoms with Gasteiger partial charge in [0, 0.05) is 0 Å². The summed E-state index contributed by atoms with van der Waals surface area (Å²) in [6.07, 6.45) is 2.20. The molecule has 1 atom stereocenters. The molecule has 1 aromatic carbocycles. The Morgan fingerprint density at radius 3 is 2.71 bits per heavy atom. The zero-order chi connectivity index (χ0) is 15.8. The maximum absolute atomic E-state index is 11.8. The van der Waals surface area contributed by atoms with Crippen molar-refractivity contribution in [1.29, 1.82) is 0 Å². The van der Waals surface area contributed by atoms with Crippen LogP contribution in [0.15, 0.2) is 18.2 Å². The molecule has 1 rings (SSSR count). The normalized spacial score (nSPS) is 11.8. The Balaban J connectivity index is 2.52. The van der Waals surface area contributed by atoms with Crippen molar-refractivity contribution in [3.05, 3.63) is 29.3 Å². The van der Waals surface area contributed by atoms with Gasteiger partial charge in [0.25, 0.3) is 5.91 Å². The van der Waals surface area contributed by atoms with Crippen LogP contribution < -0.4 is 15.2 Å². The lowest BCUT2D eigenvalue weighted by Gasteiger charge is -2.19. The first kappa shape index (κ1) is 17.4. The van der Waals surface area contributed by atoms with Crippen LogP contribution in [0.2, 0.25) is 0 Å². The van der Waals surface area contributed by atoms with E-state index >= 15 is 0 Å². The van der Waals surface area contributed by atoms with Crippen molar-refractivity contribution in [1.82, 2.24) is 5.32 Å². The van der Waals surface area contributed by atoms with E-state index < -0.39 is 17.9 Å². The number of hydrogen-bond acceptors (Lipinski definition) is 5. The van der Waals surface area contributed by atoms with E-state index in [1.165, 1.54) is 11.8 Å². The van der Waals surface area contributed by atoms with E-state index in [0.717, 1.165) is 11.1 Å². The highest BCUT2D eigenvalue weighted by Crippen LogP contribution is 2.20. The van der Waals surface area contributed by atoms with Gasteiger partial charge >= 0.3 is 0 Å². The second kappa shape index (κ2) is 8.56. The Kier molecular flexibility index (Phi) is 7.08. The highest BCUT2D eigenvalue weighted by molar-refractivity contribution is 7.98. The molecule has 0 aliphatic carbocycles. The van der Waals surface area contributed by atoms with Crippen molar-refractivity contribution < 1.29 is 19.4 Å². The number of carboxylic acids is 1. The molecular weight excluding hydrogens is 290 g/mol. The standard InChI is InChI=1S/C15H21NO4S/c1-10-5-4-6-13(11(10)2)20-9-14(17)16-12(15(18)19)7-8-21-3/h4-6,12H,7-9H2,1-3H3,(H,16,17)(H,18,19)/p-1/t12-/m0/s1. The summed E-state index contributed by atoms with van der Waals surface area (Å²) in [6, 6.07) is 4.60. The highest BCUT2D eigenvalue weighted by atomic mass is 32.2. The van der Waals surface area contributed by atoms with Gasteiger partial charge in [-0.05, 0) is 49.5 Å². The number of thioether (sulfide) groups is 1. The van der Waals surface area contributed by atoms with Gasteiger partial charge in [0.05, 0.1) is 12.0 Å². The molecule has 0 heterocycles. The van der Waals surface area contributed by atoms with E-state index in [9.17, 15) is 14.7 Å². The fourth-order valence-corrected chi connectivity index (χ4v) is 2.22. The first-order chi connectivity index (χ1) is 9.95. The smallest absolute Gasteiger partial charge is 0.258 e. The molecule has 0 spiro atoms. The van der Waals surface area contributed by atoms with Gasteiger partial charge < -0.3 is 20.0 Å². The molecule has 5 nitrogen and oxygen atoms in total. The van der Waals surface area contributed by atoms with Gasteiger partial charge in [0.2, 0.25) is 0 Å². The van der Waals surface area contributed by atoms with Crippen LogP contribution in [0.3, 0.4) is 0 Å². The minimum absolute atomic E-state index is 0.215. The van der Waals surface area contributed by atoms with Crippen LogP contribution >= 0.6 is 11.8 Å². The van der Waals surface area contributed by atoms with Gasteiger partial charge in [0.15, 0.2) is 6.61 Å². The van der Waals surface area contributed by atoms with Crippen molar-refractivity contribution >= 4 is 23.6 Å². The molecule has 0 saturated carbocycles. The third-order valence-electron chi connectivity index (χ3n) is 3.14. The van der Waals surface area contributed by atoms with Crippen LogP contribution in [0.4, 0.5) is 0 Å². The van der Waals surface area contributed by atoms with Gasteiger partial charge in [-0.2, -0.15) is 11.8 Å². The molecule has 21 heavy (non-hydrogen) atoms. The molecule has 0 saturated heterocycles. The SMILES string of the molecule is CSCC[C@H](NC(=O)COc1cccc(C)c1C)C(=O)[O-]. The van der Waals surface area contributed by atoms with Gasteiger partial charge in [-0.15, -0.1) is 0 Å². The van der Waals surface area contributed by atoms with Crippen LogP contribution in [0.25, 0.3) is 0 Å². The van der Waals surface area contributed by atoms with Crippen LogP contribution in [-0.2, 0) is 9.59 Å². The van der Waals surface area contributed by atoms with Crippen molar-refractivity contribution in [2.24, 2.45) is 0 Å². The van der Waals surface area contributed by atoms with Crippen LogP contribution in [0.5, 0.6) is 5.75 Å². The molecule has 1 amide bonds. The molecule has 0 bridgehead atoms. The molecule has 0 fully saturated rings. The molecule has 0 unspecified atom stereocenters. The number of aliphatic carboxylic acids is 1. The minimum Gasteiger partial charge on any atom is -0.548 e. The fraction of sp³-hybridized carbons (Fsp3) is 0.467. The number of carbonyl (C=O) groups is 2. The zero-order valence-corrected chi connectivity index (χ0v) is 13.3. The summed E-state index contributed by atoms with van der Waals surface area (Å²) in [7, 11) is 0. The lowest BCUT2D eigenvalue weighted by Crippen LogP contribution is -2.49. The quantitative estimate of drug-likeness (QED) is 0.763. The Morgan fingerprint density at radius 1 is 1.38 bits per heavy atom. The Labute approximate surface area is 129 Å². The summed E-state index contributed by atoms with van der Waals surface area (Å²) in [4.78, 5) is 22.7. The largest absolute Gasteiger partial charge is 0.548 e. The van der Waals surface area contributed by atoms with Crippen molar-refractivity contribution in [3.8, 4) is 5.75 Å². The van der Waals surface area contributed by atoms with Crippen LogP contribution in [-0.4, -0.2) is 36.5 Å². The number of carbonyl (C=O) groups excluding carboxylic acids is 2. The first-order valence-electron chi connectivity index (χ1n) is 6.64. The third kappa shape index (κ3) is 5.67. The second-order valence-corrected chi connectivity index (χ2v) is 5.69. The van der Waals surface area contributed by atoms with E-state index in [4.69, 9.17) is 4.74 Å². The predicted octanol–water partition coefficient (Wildman–Crippen LogP) is 0.670. The maximum atomic E-state index is 11.8.